The molecule has 2 aromatic heterocycles. The van der Waals surface area contributed by atoms with Gasteiger partial charge in [0.2, 0.25) is 0 Å². The average molecular weight is 417 g/mol. The van der Waals surface area contributed by atoms with Crippen molar-refractivity contribution in [3.05, 3.63) is 89.5 Å². The van der Waals surface area contributed by atoms with Gasteiger partial charge in [0.25, 0.3) is 5.91 Å². The van der Waals surface area contributed by atoms with Gasteiger partial charge in [0.05, 0.1) is 11.4 Å². The highest BCUT2D eigenvalue weighted by atomic mass is 19.1. The lowest BCUT2D eigenvalue weighted by Crippen LogP contribution is -2.28. The van der Waals surface area contributed by atoms with Gasteiger partial charge in [0, 0.05) is 23.6 Å². The number of nitrogens with one attached hydrogen (secondary N) is 1. The zero-order chi connectivity index (χ0) is 22.0. The number of benzene rings is 2. The molecular weight excluding hydrogens is 391 g/mol. The van der Waals surface area contributed by atoms with E-state index in [9.17, 15) is 9.18 Å². The lowest BCUT2D eigenvalue weighted by Gasteiger charge is -2.13. The van der Waals surface area contributed by atoms with Crippen molar-refractivity contribution in [2.75, 3.05) is 6.54 Å². The van der Waals surface area contributed by atoms with E-state index in [0.717, 1.165) is 23.2 Å². The van der Waals surface area contributed by atoms with Gasteiger partial charge >= 0.3 is 0 Å². The Bertz CT molecular complexity index is 1210. The van der Waals surface area contributed by atoms with Crippen molar-refractivity contribution in [2.24, 2.45) is 0 Å². The van der Waals surface area contributed by atoms with E-state index in [1.54, 1.807) is 22.7 Å². The molecular formula is C25H25FN4O. The first kappa shape index (κ1) is 20.7. The molecule has 4 rings (SSSR count). The van der Waals surface area contributed by atoms with Crippen molar-refractivity contribution in [2.45, 2.75) is 32.6 Å². The zero-order valence-corrected chi connectivity index (χ0v) is 17.9. The maximum absolute atomic E-state index is 13.4. The number of hydrogen-bond donors (Lipinski definition) is 1. The van der Waals surface area contributed by atoms with Gasteiger partial charge in [-0.3, -0.25) is 4.79 Å². The van der Waals surface area contributed by atoms with E-state index in [1.807, 2.05) is 36.4 Å². The summed E-state index contributed by atoms with van der Waals surface area (Å²) in [6, 6.07) is 19.7. The summed E-state index contributed by atoms with van der Waals surface area (Å²) in [7, 11) is 0. The molecule has 2 heterocycles. The smallest absolute Gasteiger partial charge is 0.270 e. The zero-order valence-electron chi connectivity index (χ0n) is 17.9. The van der Waals surface area contributed by atoms with Crippen LogP contribution in [0.2, 0.25) is 0 Å². The molecule has 0 atom stereocenters. The van der Waals surface area contributed by atoms with Crippen molar-refractivity contribution >= 4 is 11.6 Å². The molecule has 0 fully saturated rings. The van der Waals surface area contributed by atoms with E-state index >= 15 is 0 Å². The lowest BCUT2D eigenvalue weighted by atomic mass is 9.93. The molecule has 2 aromatic carbocycles. The van der Waals surface area contributed by atoms with Crippen LogP contribution in [0.15, 0.2) is 66.7 Å². The van der Waals surface area contributed by atoms with Crippen LogP contribution in [0.1, 0.15) is 42.5 Å². The van der Waals surface area contributed by atoms with E-state index in [4.69, 9.17) is 0 Å². The topological polar surface area (TPSA) is 59.3 Å². The predicted octanol–water partition coefficient (Wildman–Crippen LogP) is 4.81. The Balaban J connectivity index is 1.69. The van der Waals surface area contributed by atoms with Crippen LogP contribution in [0.25, 0.3) is 16.9 Å². The molecule has 158 valence electrons. The van der Waals surface area contributed by atoms with Crippen LogP contribution in [0, 0.1) is 5.82 Å². The third-order valence-corrected chi connectivity index (χ3v) is 5.11. The Labute approximate surface area is 181 Å². The Morgan fingerprint density at radius 2 is 1.74 bits per heavy atom. The first-order valence-corrected chi connectivity index (χ1v) is 10.3. The van der Waals surface area contributed by atoms with Gasteiger partial charge in [0.1, 0.15) is 11.5 Å². The van der Waals surface area contributed by atoms with Crippen LogP contribution in [-0.4, -0.2) is 27.0 Å². The van der Waals surface area contributed by atoms with Gasteiger partial charge in [-0.2, -0.15) is 5.10 Å². The fraction of sp³-hybridized carbons (Fsp3) is 0.240. The number of fused-ring (bicyclic) bond motifs is 1. The van der Waals surface area contributed by atoms with Crippen molar-refractivity contribution in [1.82, 2.24) is 19.9 Å². The fourth-order valence-electron chi connectivity index (χ4n) is 3.33. The molecule has 6 heteroatoms. The molecule has 5 nitrogen and oxygen atoms in total. The SMILES string of the molecule is CC(C)(C)c1cc2nc(-c3ccc(F)cc3)cc(C(=O)NCCc3ccccc3)n2n1. The highest BCUT2D eigenvalue weighted by Gasteiger charge is 2.22. The molecule has 4 aromatic rings. The number of hydrogen-bond acceptors (Lipinski definition) is 3. The van der Waals surface area contributed by atoms with Crippen LogP contribution in [0.3, 0.4) is 0 Å². The third-order valence-electron chi connectivity index (χ3n) is 5.11. The minimum absolute atomic E-state index is 0.190. The normalized spacial score (nSPS) is 11.6. The van der Waals surface area contributed by atoms with E-state index in [2.05, 4.69) is 36.2 Å². The quantitative estimate of drug-likeness (QED) is 0.508. The van der Waals surface area contributed by atoms with Gasteiger partial charge in [0.15, 0.2) is 5.65 Å². The Morgan fingerprint density at radius 3 is 2.42 bits per heavy atom. The molecule has 0 bridgehead atoms. The van der Waals surface area contributed by atoms with E-state index < -0.39 is 0 Å². The molecule has 31 heavy (non-hydrogen) atoms. The highest BCUT2D eigenvalue weighted by Crippen LogP contribution is 2.25. The molecule has 0 aliphatic carbocycles. The van der Waals surface area contributed by atoms with Crippen molar-refractivity contribution in [3.8, 4) is 11.3 Å². The maximum atomic E-state index is 13.4. The van der Waals surface area contributed by atoms with Crippen molar-refractivity contribution < 1.29 is 9.18 Å². The first-order chi connectivity index (χ1) is 14.8. The largest absolute Gasteiger partial charge is 0.350 e. The van der Waals surface area contributed by atoms with Gasteiger partial charge in [-0.15, -0.1) is 0 Å². The summed E-state index contributed by atoms with van der Waals surface area (Å²) in [5, 5.41) is 7.64. The summed E-state index contributed by atoms with van der Waals surface area (Å²) in [6.07, 6.45) is 0.734. The third kappa shape index (κ3) is 4.63. The number of aromatic nitrogens is 3. The maximum Gasteiger partial charge on any atom is 0.270 e. The minimum atomic E-state index is -0.317. The molecule has 1 amide bonds. The Morgan fingerprint density at radius 1 is 1.03 bits per heavy atom. The summed E-state index contributed by atoms with van der Waals surface area (Å²) in [5.74, 6) is -0.543. The van der Waals surface area contributed by atoms with E-state index in [-0.39, 0.29) is 17.1 Å². The van der Waals surface area contributed by atoms with Crippen molar-refractivity contribution in [1.29, 1.82) is 0 Å². The number of carbonyl (C=O) groups excluding carboxylic acids is 1. The second-order valence-corrected chi connectivity index (χ2v) is 8.57. The number of carbonyl (C=O) groups is 1. The van der Waals surface area contributed by atoms with E-state index in [1.165, 1.54) is 12.1 Å². The Hall–Kier alpha value is -3.54. The first-order valence-electron chi connectivity index (χ1n) is 10.3. The summed E-state index contributed by atoms with van der Waals surface area (Å²) < 4.78 is 15.0. The van der Waals surface area contributed by atoms with Gasteiger partial charge < -0.3 is 5.32 Å². The number of amides is 1. The summed E-state index contributed by atoms with van der Waals surface area (Å²) in [5.41, 5.74) is 4.12. The number of halogens is 1. The molecule has 1 N–H and O–H groups in total. The summed E-state index contributed by atoms with van der Waals surface area (Å²) in [6.45, 7) is 6.70. The second-order valence-electron chi connectivity index (χ2n) is 8.57. The molecule has 0 aliphatic heterocycles. The van der Waals surface area contributed by atoms with Gasteiger partial charge in [-0.05, 0) is 42.3 Å². The predicted molar refractivity (Wildman–Crippen MR) is 120 cm³/mol. The average Bonchev–Trinajstić information content (AvgIpc) is 3.19. The van der Waals surface area contributed by atoms with Crippen LogP contribution < -0.4 is 5.32 Å². The van der Waals surface area contributed by atoms with Gasteiger partial charge in [-0.25, -0.2) is 13.9 Å². The van der Waals surface area contributed by atoms with Crippen molar-refractivity contribution in [3.63, 3.8) is 0 Å². The molecule has 0 radical (unpaired) electrons. The van der Waals surface area contributed by atoms with Gasteiger partial charge in [-0.1, -0.05) is 51.1 Å². The number of rotatable bonds is 5. The van der Waals surface area contributed by atoms with Crippen LogP contribution in [0.5, 0.6) is 0 Å². The molecule has 0 aliphatic rings. The molecule has 0 spiro atoms. The molecule has 0 saturated heterocycles. The second kappa shape index (κ2) is 8.30. The standard InChI is InChI=1S/C25H25FN4O/c1-25(2,3)22-16-23-28-20(18-9-11-19(26)12-10-18)15-21(30(23)29-22)24(31)27-14-13-17-7-5-4-6-8-17/h4-12,15-16H,13-14H2,1-3H3,(H,27,31). The number of nitrogens with zero attached hydrogens (tertiary/aromatic N) is 3. The minimum Gasteiger partial charge on any atom is -0.350 e. The van der Waals surface area contributed by atoms with Crippen LogP contribution in [0.4, 0.5) is 4.39 Å². The van der Waals surface area contributed by atoms with Crippen LogP contribution in [-0.2, 0) is 11.8 Å². The summed E-state index contributed by atoms with van der Waals surface area (Å²) >= 11 is 0. The van der Waals surface area contributed by atoms with Crippen LogP contribution >= 0.6 is 0 Å². The lowest BCUT2D eigenvalue weighted by molar-refractivity contribution is 0.0946. The Kier molecular flexibility index (Phi) is 5.55. The molecule has 0 unspecified atom stereocenters. The molecule has 0 saturated carbocycles. The monoisotopic (exact) mass is 416 g/mol. The van der Waals surface area contributed by atoms with E-state index in [0.29, 0.717) is 23.6 Å². The fourth-order valence-corrected chi connectivity index (χ4v) is 3.33. The highest BCUT2D eigenvalue weighted by molar-refractivity contribution is 5.94. The summed E-state index contributed by atoms with van der Waals surface area (Å²) in [4.78, 5) is 17.8.